The zero-order valence-electron chi connectivity index (χ0n) is 13.5. The molecule has 2 amide bonds. The Morgan fingerprint density at radius 1 is 1.57 bits per heavy atom. The number of carbonyl (C=O) groups excluding carboxylic acids is 1. The fraction of sp³-hybridized carbons (Fsp3) is 0.500. The average Bonchev–Trinajstić information content (AvgIpc) is 3.13. The number of oxazole rings is 1. The maximum atomic E-state index is 12.3. The van der Waals surface area contributed by atoms with E-state index in [0.29, 0.717) is 31.2 Å². The Balaban J connectivity index is 1.57. The maximum absolute atomic E-state index is 12.3. The average molecular weight is 335 g/mol. The molecular weight excluding hydrogens is 314 g/mol. The number of urea groups is 1. The van der Waals surface area contributed by atoms with Crippen LogP contribution < -0.4 is 5.32 Å². The van der Waals surface area contributed by atoms with Crippen molar-refractivity contribution >= 4 is 17.4 Å². The quantitative estimate of drug-likeness (QED) is 0.936. The van der Waals surface area contributed by atoms with Gasteiger partial charge < -0.3 is 19.4 Å². The van der Waals surface area contributed by atoms with Crippen molar-refractivity contribution in [3.63, 3.8) is 0 Å². The standard InChI is InChI=1S/C16H21N3O3S/c1-11-8-19(10-16(2,3)22-11)15(20)17-7-12-9-21-14(18-12)13-5-4-6-23-13/h4-6,9,11H,7-8,10H2,1-3H3,(H,17,20)/t11-/m0/s1. The molecule has 0 radical (unpaired) electrons. The van der Waals surface area contributed by atoms with Gasteiger partial charge in [0.25, 0.3) is 0 Å². The van der Waals surface area contributed by atoms with Gasteiger partial charge in [-0.05, 0) is 32.2 Å². The SMILES string of the molecule is C[C@H]1CN(C(=O)NCc2coc(-c3cccs3)n2)CC(C)(C)O1. The van der Waals surface area contributed by atoms with Crippen LogP contribution in [0.5, 0.6) is 0 Å². The van der Waals surface area contributed by atoms with Crippen molar-refractivity contribution in [1.82, 2.24) is 15.2 Å². The molecule has 0 saturated carbocycles. The molecule has 1 saturated heterocycles. The van der Waals surface area contributed by atoms with Crippen LogP contribution in [0.4, 0.5) is 4.79 Å². The fourth-order valence-electron chi connectivity index (χ4n) is 2.79. The third-order valence-corrected chi connectivity index (χ3v) is 4.42. The number of rotatable bonds is 3. The highest BCUT2D eigenvalue weighted by Crippen LogP contribution is 2.24. The van der Waals surface area contributed by atoms with Crippen molar-refractivity contribution < 1.29 is 13.9 Å². The summed E-state index contributed by atoms with van der Waals surface area (Å²) in [6.45, 7) is 7.48. The second-order valence-corrected chi connectivity index (χ2v) is 7.30. The summed E-state index contributed by atoms with van der Waals surface area (Å²) in [5.74, 6) is 0.588. The first kappa shape index (κ1) is 16.0. The van der Waals surface area contributed by atoms with Gasteiger partial charge in [0.15, 0.2) is 0 Å². The minimum absolute atomic E-state index is 0.0296. The summed E-state index contributed by atoms with van der Waals surface area (Å²) in [6.07, 6.45) is 1.61. The number of morpholine rings is 1. The molecule has 0 aliphatic carbocycles. The number of carbonyl (C=O) groups is 1. The normalized spacial score (nSPS) is 20.5. The summed E-state index contributed by atoms with van der Waals surface area (Å²) in [6, 6.07) is 3.80. The van der Waals surface area contributed by atoms with Crippen LogP contribution in [0.15, 0.2) is 28.2 Å². The number of ether oxygens (including phenoxy) is 1. The number of nitrogens with one attached hydrogen (secondary N) is 1. The minimum atomic E-state index is -0.324. The molecular formula is C16H21N3O3S. The van der Waals surface area contributed by atoms with Gasteiger partial charge >= 0.3 is 6.03 Å². The molecule has 7 heteroatoms. The Bertz CT molecular complexity index is 666. The highest BCUT2D eigenvalue weighted by molar-refractivity contribution is 7.13. The molecule has 0 unspecified atom stereocenters. The zero-order chi connectivity index (χ0) is 16.4. The van der Waals surface area contributed by atoms with Gasteiger partial charge in [0.05, 0.1) is 35.4 Å². The third-order valence-electron chi connectivity index (χ3n) is 3.56. The summed E-state index contributed by atoms with van der Waals surface area (Å²) in [5, 5.41) is 4.87. The van der Waals surface area contributed by atoms with Crippen molar-refractivity contribution in [1.29, 1.82) is 0 Å². The van der Waals surface area contributed by atoms with E-state index in [-0.39, 0.29) is 17.7 Å². The van der Waals surface area contributed by atoms with Crippen molar-refractivity contribution in [3.8, 4) is 10.8 Å². The van der Waals surface area contributed by atoms with Crippen LogP contribution in [-0.4, -0.2) is 40.7 Å². The van der Waals surface area contributed by atoms with Gasteiger partial charge in [0.2, 0.25) is 5.89 Å². The summed E-state index contributed by atoms with van der Waals surface area (Å²) >= 11 is 1.57. The van der Waals surface area contributed by atoms with Crippen LogP contribution in [0, 0.1) is 0 Å². The van der Waals surface area contributed by atoms with Crippen LogP contribution in [0.3, 0.4) is 0 Å². The van der Waals surface area contributed by atoms with E-state index in [1.54, 1.807) is 22.5 Å². The Morgan fingerprint density at radius 3 is 3.09 bits per heavy atom. The lowest BCUT2D eigenvalue weighted by Crippen LogP contribution is -2.56. The second-order valence-electron chi connectivity index (χ2n) is 6.35. The lowest BCUT2D eigenvalue weighted by Gasteiger charge is -2.41. The number of aromatic nitrogens is 1. The summed E-state index contributed by atoms with van der Waals surface area (Å²) in [5.41, 5.74) is 0.386. The van der Waals surface area contributed by atoms with E-state index in [2.05, 4.69) is 10.3 Å². The molecule has 1 aliphatic heterocycles. The van der Waals surface area contributed by atoms with Crippen LogP contribution in [0.25, 0.3) is 10.8 Å². The van der Waals surface area contributed by atoms with E-state index in [0.717, 1.165) is 4.88 Å². The lowest BCUT2D eigenvalue weighted by atomic mass is 10.1. The maximum Gasteiger partial charge on any atom is 0.317 e. The minimum Gasteiger partial charge on any atom is -0.443 e. The van der Waals surface area contributed by atoms with Gasteiger partial charge in [-0.1, -0.05) is 6.07 Å². The van der Waals surface area contributed by atoms with Crippen molar-refractivity contribution in [3.05, 3.63) is 29.5 Å². The van der Waals surface area contributed by atoms with Crippen molar-refractivity contribution in [2.45, 2.75) is 39.0 Å². The Morgan fingerprint density at radius 2 is 2.39 bits per heavy atom. The largest absolute Gasteiger partial charge is 0.443 e. The predicted molar refractivity (Wildman–Crippen MR) is 88.3 cm³/mol. The van der Waals surface area contributed by atoms with E-state index < -0.39 is 0 Å². The monoisotopic (exact) mass is 335 g/mol. The first-order valence-electron chi connectivity index (χ1n) is 7.62. The van der Waals surface area contributed by atoms with E-state index in [9.17, 15) is 4.79 Å². The molecule has 0 bridgehead atoms. The Hall–Kier alpha value is -1.86. The molecule has 0 aromatic carbocycles. The molecule has 6 nitrogen and oxygen atoms in total. The highest BCUT2D eigenvalue weighted by Gasteiger charge is 2.33. The molecule has 0 spiro atoms. The van der Waals surface area contributed by atoms with Gasteiger partial charge in [-0.3, -0.25) is 0 Å². The number of hydrogen-bond donors (Lipinski definition) is 1. The highest BCUT2D eigenvalue weighted by atomic mass is 32.1. The fourth-order valence-corrected chi connectivity index (χ4v) is 3.44. The first-order valence-corrected chi connectivity index (χ1v) is 8.50. The van der Waals surface area contributed by atoms with E-state index in [1.807, 2.05) is 38.3 Å². The Kier molecular flexibility index (Phi) is 4.41. The van der Waals surface area contributed by atoms with E-state index in [1.165, 1.54) is 0 Å². The molecule has 124 valence electrons. The Labute approximate surface area is 139 Å². The van der Waals surface area contributed by atoms with Crippen LogP contribution in [0.1, 0.15) is 26.5 Å². The smallest absolute Gasteiger partial charge is 0.317 e. The van der Waals surface area contributed by atoms with Gasteiger partial charge in [-0.25, -0.2) is 9.78 Å². The number of nitrogens with zero attached hydrogens (tertiary/aromatic N) is 2. The molecule has 3 rings (SSSR count). The van der Waals surface area contributed by atoms with Gasteiger partial charge in [-0.15, -0.1) is 11.3 Å². The predicted octanol–water partition coefficient (Wildman–Crippen LogP) is 3.11. The molecule has 1 atom stereocenters. The van der Waals surface area contributed by atoms with E-state index in [4.69, 9.17) is 9.15 Å². The van der Waals surface area contributed by atoms with Crippen molar-refractivity contribution in [2.24, 2.45) is 0 Å². The van der Waals surface area contributed by atoms with Crippen LogP contribution >= 0.6 is 11.3 Å². The first-order chi connectivity index (χ1) is 10.9. The number of amides is 2. The summed E-state index contributed by atoms with van der Waals surface area (Å²) in [7, 11) is 0. The van der Waals surface area contributed by atoms with Gasteiger partial charge in [0, 0.05) is 6.54 Å². The van der Waals surface area contributed by atoms with Gasteiger partial charge in [-0.2, -0.15) is 0 Å². The summed E-state index contributed by atoms with van der Waals surface area (Å²) in [4.78, 5) is 19.5. The zero-order valence-corrected chi connectivity index (χ0v) is 14.4. The third kappa shape index (κ3) is 3.92. The topological polar surface area (TPSA) is 67.6 Å². The van der Waals surface area contributed by atoms with Crippen LogP contribution in [0.2, 0.25) is 0 Å². The molecule has 2 aromatic rings. The molecule has 1 N–H and O–H groups in total. The van der Waals surface area contributed by atoms with Crippen molar-refractivity contribution in [2.75, 3.05) is 13.1 Å². The van der Waals surface area contributed by atoms with E-state index >= 15 is 0 Å². The second kappa shape index (κ2) is 6.33. The molecule has 3 heterocycles. The molecule has 1 aliphatic rings. The number of thiophene rings is 1. The number of hydrogen-bond acceptors (Lipinski definition) is 5. The molecule has 1 fully saturated rings. The summed E-state index contributed by atoms with van der Waals surface area (Å²) < 4.78 is 11.3. The molecule has 2 aromatic heterocycles. The van der Waals surface area contributed by atoms with Crippen LogP contribution in [-0.2, 0) is 11.3 Å². The molecule has 23 heavy (non-hydrogen) atoms. The lowest BCUT2D eigenvalue weighted by molar-refractivity contribution is -0.117. The van der Waals surface area contributed by atoms with Gasteiger partial charge in [0.1, 0.15) is 6.26 Å².